The van der Waals surface area contributed by atoms with Crippen LogP contribution in [0.4, 0.5) is 5.82 Å². The highest BCUT2D eigenvalue weighted by Gasteiger charge is 2.27. The normalized spacial score (nSPS) is 15.4. The third-order valence-corrected chi connectivity index (χ3v) is 3.32. The van der Waals surface area contributed by atoms with Gasteiger partial charge in [-0.3, -0.25) is 0 Å². The zero-order valence-electron chi connectivity index (χ0n) is 11.8. The standard InChI is InChI=1S/C13H22N4O2/c1-13(2,18-3)6-7-19-11-8-10(17-14)15-12(16-11)9-4-5-9/h8-9H,4-7,14H2,1-3H3,(H,15,16,17). The summed E-state index contributed by atoms with van der Waals surface area (Å²) in [6, 6.07) is 1.71. The van der Waals surface area contributed by atoms with E-state index in [9.17, 15) is 0 Å². The maximum atomic E-state index is 5.68. The predicted octanol–water partition coefficient (Wildman–Crippen LogP) is 1.83. The molecule has 1 fully saturated rings. The fourth-order valence-electron chi connectivity index (χ4n) is 1.62. The Balaban J connectivity index is 1.97. The van der Waals surface area contributed by atoms with Crippen molar-refractivity contribution in [3.8, 4) is 5.88 Å². The van der Waals surface area contributed by atoms with Crippen molar-refractivity contribution in [1.29, 1.82) is 0 Å². The van der Waals surface area contributed by atoms with Gasteiger partial charge in [0.15, 0.2) is 0 Å². The second-order valence-electron chi connectivity index (χ2n) is 5.43. The maximum Gasteiger partial charge on any atom is 0.218 e. The average molecular weight is 266 g/mol. The quantitative estimate of drug-likeness (QED) is 0.579. The minimum Gasteiger partial charge on any atom is -0.477 e. The van der Waals surface area contributed by atoms with E-state index in [4.69, 9.17) is 15.3 Å². The zero-order valence-corrected chi connectivity index (χ0v) is 11.8. The van der Waals surface area contributed by atoms with Crippen molar-refractivity contribution in [3.63, 3.8) is 0 Å². The smallest absolute Gasteiger partial charge is 0.218 e. The number of nitrogens with zero attached hydrogens (tertiary/aromatic N) is 2. The predicted molar refractivity (Wildman–Crippen MR) is 73.0 cm³/mol. The average Bonchev–Trinajstić information content (AvgIpc) is 3.22. The summed E-state index contributed by atoms with van der Waals surface area (Å²) >= 11 is 0. The Labute approximate surface area is 113 Å². The lowest BCUT2D eigenvalue weighted by molar-refractivity contribution is 0.00507. The van der Waals surface area contributed by atoms with Gasteiger partial charge in [0.25, 0.3) is 0 Å². The van der Waals surface area contributed by atoms with E-state index in [0.717, 1.165) is 25.1 Å². The van der Waals surface area contributed by atoms with Crippen LogP contribution in [-0.4, -0.2) is 29.3 Å². The third-order valence-electron chi connectivity index (χ3n) is 3.32. The molecule has 1 saturated carbocycles. The summed E-state index contributed by atoms with van der Waals surface area (Å²) in [5, 5.41) is 0. The van der Waals surface area contributed by atoms with Crippen molar-refractivity contribution in [2.75, 3.05) is 19.1 Å². The Morgan fingerprint density at radius 3 is 2.74 bits per heavy atom. The van der Waals surface area contributed by atoms with Crippen molar-refractivity contribution in [1.82, 2.24) is 9.97 Å². The molecule has 0 saturated heterocycles. The molecule has 1 heterocycles. The van der Waals surface area contributed by atoms with Gasteiger partial charge in [-0.05, 0) is 26.7 Å². The second kappa shape index (κ2) is 5.71. The molecular formula is C13H22N4O2. The Bertz CT molecular complexity index is 433. The summed E-state index contributed by atoms with van der Waals surface area (Å²) in [5.41, 5.74) is 2.36. The van der Waals surface area contributed by atoms with E-state index in [0.29, 0.717) is 24.2 Å². The molecule has 0 radical (unpaired) electrons. The first-order valence-electron chi connectivity index (χ1n) is 6.57. The molecule has 19 heavy (non-hydrogen) atoms. The Morgan fingerprint density at radius 2 is 2.16 bits per heavy atom. The van der Waals surface area contributed by atoms with Crippen LogP contribution in [0.25, 0.3) is 0 Å². The summed E-state index contributed by atoms with van der Waals surface area (Å²) in [7, 11) is 1.70. The minimum absolute atomic E-state index is 0.193. The van der Waals surface area contributed by atoms with E-state index in [1.807, 2.05) is 13.8 Å². The molecule has 6 nitrogen and oxygen atoms in total. The van der Waals surface area contributed by atoms with E-state index in [2.05, 4.69) is 15.4 Å². The lowest BCUT2D eigenvalue weighted by Gasteiger charge is -2.22. The molecule has 106 valence electrons. The number of nitrogens with one attached hydrogen (secondary N) is 1. The molecule has 0 aromatic carbocycles. The first-order chi connectivity index (χ1) is 9.04. The van der Waals surface area contributed by atoms with Crippen LogP contribution >= 0.6 is 0 Å². The number of hydrazine groups is 1. The highest BCUT2D eigenvalue weighted by atomic mass is 16.5. The minimum atomic E-state index is -0.193. The van der Waals surface area contributed by atoms with Gasteiger partial charge in [-0.25, -0.2) is 10.8 Å². The molecule has 0 atom stereocenters. The highest BCUT2D eigenvalue weighted by molar-refractivity contribution is 5.38. The molecule has 3 N–H and O–H groups in total. The molecule has 0 unspecified atom stereocenters. The Kier molecular flexibility index (Phi) is 4.21. The van der Waals surface area contributed by atoms with Gasteiger partial charge < -0.3 is 14.9 Å². The van der Waals surface area contributed by atoms with Crippen LogP contribution in [0, 0.1) is 0 Å². The number of rotatable bonds is 7. The second-order valence-corrected chi connectivity index (χ2v) is 5.43. The number of ether oxygens (including phenoxy) is 2. The van der Waals surface area contributed by atoms with Crippen molar-refractivity contribution in [3.05, 3.63) is 11.9 Å². The van der Waals surface area contributed by atoms with Crippen LogP contribution in [0.5, 0.6) is 5.88 Å². The van der Waals surface area contributed by atoms with Crippen LogP contribution in [-0.2, 0) is 4.74 Å². The molecule has 1 aromatic rings. The van der Waals surface area contributed by atoms with Crippen LogP contribution in [0.2, 0.25) is 0 Å². The molecule has 1 aliphatic rings. The first-order valence-corrected chi connectivity index (χ1v) is 6.57. The molecule has 0 amide bonds. The summed E-state index contributed by atoms with van der Waals surface area (Å²) < 4.78 is 11.0. The largest absolute Gasteiger partial charge is 0.477 e. The van der Waals surface area contributed by atoms with Crippen molar-refractivity contribution < 1.29 is 9.47 Å². The fourth-order valence-corrected chi connectivity index (χ4v) is 1.62. The molecule has 0 aliphatic heterocycles. The van der Waals surface area contributed by atoms with Gasteiger partial charge >= 0.3 is 0 Å². The third kappa shape index (κ3) is 4.04. The number of methoxy groups -OCH3 is 1. The molecule has 2 rings (SSSR count). The van der Waals surface area contributed by atoms with Gasteiger partial charge in [0.05, 0.1) is 12.2 Å². The van der Waals surface area contributed by atoms with Gasteiger partial charge in [-0.2, -0.15) is 4.98 Å². The molecule has 1 aliphatic carbocycles. The highest BCUT2D eigenvalue weighted by Crippen LogP contribution is 2.39. The van der Waals surface area contributed by atoms with Crippen LogP contribution in [0.3, 0.4) is 0 Å². The monoisotopic (exact) mass is 266 g/mol. The summed E-state index contributed by atoms with van der Waals surface area (Å²) in [5.74, 6) is 7.85. The van der Waals surface area contributed by atoms with Crippen LogP contribution < -0.4 is 16.0 Å². The van der Waals surface area contributed by atoms with Gasteiger partial charge in [0, 0.05) is 25.5 Å². The Hall–Kier alpha value is -1.40. The number of hydrogen-bond donors (Lipinski definition) is 2. The van der Waals surface area contributed by atoms with Gasteiger partial charge in [-0.15, -0.1) is 0 Å². The van der Waals surface area contributed by atoms with Gasteiger partial charge in [0.1, 0.15) is 11.6 Å². The Morgan fingerprint density at radius 1 is 1.42 bits per heavy atom. The SMILES string of the molecule is COC(C)(C)CCOc1cc(NN)nc(C2CC2)n1. The summed E-state index contributed by atoms with van der Waals surface area (Å²) in [6.45, 7) is 4.60. The lowest BCUT2D eigenvalue weighted by Crippen LogP contribution is -2.25. The van der Waals surface area contributed by atoms with Crippen LogP contribution in [0.15, 0.2) is 6.07 Å². The number of anilines is 1. The van der Waals surface area contributed by atoms with E-state index in [1.54, 1.807) is 13.2 Å². The van der Waals surface area contributed by atoms with Crippen LogP contribution in [0.1, 0.15) is 44.9 Å². The number of nitrogens with two attached hydrogens (primary N) is 1. The molecular weight excluding hydrogens is 244 g/mol. The molecule has 6 heteroatoms. The van der Waals surface area contributed by atoms with Gasteiger partial charge in [0.2, 0.25) is 5.88 Å². The van der Waals surface area contributed by atoms with Crippen molar-refractivity contribution in [2.45, 2.75) is 44.6 Å². The van der Waals surface area contributed by atoms with Crippen molar-refractivity contribution in [2.24, 2.45) is 5.84 Å². The number of nitrogen functional groups attached to an aromatic ring is 1. The first kappa shape index (κ1) is 14.0. The molecule has 0 spiro atoms. The molecule has 0 bridgehead atoms. The van der Waals surface area contributed by atoms with E-state index in [1.165, 1.54) is 0 Å². The van der Waals surface area contributed by atoms with E-state index in [-0.39, 0.29) is 5.60 Å². The fraction of sp³-hybridized carbons (Fsp3) is 0.692. The number of hydrogen-bond acceptors (Lipinski definition) is 6. The molecule has 1 aromatic heterocycles. The summed E-state index contributed by atoms with van der Waals surface area (Å²) in [6.07, 6.45) is 3.08. The topological polar surface area (TPSA) is 82.3 Å². The van der Waals surface area contributed by atoms with Gasteiger partial charge in [-0.1, -0.05) is 0 Å². The van der Waals surface area contributed by atoms with E-state index >= 15 is 0 Å². The zero-order chi connectivity index (χ0) is 13.9. The summed E-state index contributed by atoms with van der Waals surface area (Å²) in [4.78, 5) is 8.75. The number of aromatic nitrogens is 2. The van der Waals surface area contributed by atoms with E-state index < -0.39 is 0 Å². The lowest BCUT2D eigenvalue weighted by atomic mass is 10.1. The van der Waals surface area contributed by atoms with Crippen molar-refractivity contribution >= 4 is 5.82 Å². The maximum absolute atomic E-state index is 5.68.